The Morgan fingerprint density at radius 3 is 2.05 bits per heavy atom. The molecule has 22 heavy (non-hydrogen) atoms. The van der Waals surface area contributed by atoms with Crippen molar-refractivity contribution < 1.29 is 9.59 Å². The lowest BCUT2D eigenvalue weighted by Crippen LogP contribution is -2.35. The van der Waals surface area contributed by atoms with Crippen LogP contribution in [0.2, 0.25) is 0 Å². The third-order valence-electron chi connectivity index (χ3n) is 2.97. The molecule has 0 heterocycles. The molecular formula is C16H26ClN3O2. The Hall–Kier alpha value is -1.59. The van der Waals surface area contributed by atoms with E-state index in [0.717, 1.165) is 12.1 Å². The van der Waals surface area contributed by atoms with Crippen LogP contribution in [-0.2, 0) is 9.59 Å². The van der Waals surface area contributed by atoms with Gasteiger partial charge in [-0.1, -0.05) is 27.2 Å². The van der Waals surface area contributed by atoms with Crippen LogP contribution in [0.25, 0.3) is 0 Å². The third-order valence-corrected chi connectivity index (χ3v) is 2.97. The number of halogens is 1. The second-order valence-electron chi connectivity index (χ2n) is 5.61. The summed E-state index contributed by atoms with van der Waals surface area (Å²) in [6.45, 7) is 5.98. The molecule has 2 amide bonds. The molecule has 1 unspecified atom stereocenters. The molecule has 0 spiro atoms. The molecule has 1 aromatic rings. The second kappa shape index (κ2) is 10.2. The van der Waals surface area contributed by atoms with Gasteiger partial charge in [-0.25, -0.2) is 0 Å². The molecule has 0 aromatic heterocycles. The Morgan fingerprint density at radius 2 is 1.59 bits per heavy atom. The summed E-state index contributed by atoms with van der Waals surface area (Å²) in [4.78, 5) is 23.4. The Bertz CT molecular complexity index is 475. The van der Waals surface area contributed by atoms with E-state index in [0.29, 0.717) is 24.4 Å². The van der Waals surface area contributed by atoms with Crippen molar-refractivity contribution >= 4 is 35.6 Å². The Kier molecular flexibility index (Phi) is 9.45. The molecule has 0 saturated heterocycles. The van der Waals surface area contributed by atoms with Crippen molar-refractivity contribution in [2.24, 2.45) is 11.7 Å². The lowest BCUT2D eigenvalue weighted by atomic mass is 10.1. The fourth-order valence-electron chi connectivity index (χ4n) is 1.90. The maximum absolute atomic E-state index is 11.8. The van der Waals surface area contributed by atoms with Crippen molar-refractivity contribution in [3.05, 3.63) is 24.3 Å². The van der Waals surface area contributed by atoms with Gasteiger partial charge < -0.3 is 16.4 Å². The number of anilines is 2. The molecule has 6 heteroatoms. The number of rotatable bonds is 7. The van der Waals surface area contributed by atoms with Gasteiger partial charge in [0.1, 0.15) is 0 Å². The van der Waals surface area contributed by atoms with Crippen LogP contribution in [0.3, 0.4) is 0 Å². The van der Waals surface area contributed by atoms with Gasteiger partial charge in [0.15, 0.2) is 0 Å². The zero-order chi connectivity index (χ0) is 15.8. The number of amides is 2. The van der Waals surface area contributed by atoms with Gasteiger partial charge >= 0.3 is 0 Å². The predicted octanol–water partition coefficient (Wildman–Crippen LogP) is 3.16. The highest BCUT2D eigenvalue weighted by molar-refractivity contribution is 5.95. The van der Waals surface area contributed by atoms with Crippen LogP contribution in [0.4, 0.5) is 11.4 Å². The predicted molar refractivity (Wildman–Crippen MR) is 93.3 cm³/mol. The number of hydrogen-bond acceptors (Lipinski definition) is 3. The Labute approximate surface area is 138 Å². The molecule has 1 atom stereocenters. The molecule has 4 N–H and O–H groups in total. The van der Waals surface area contributed by atoms with Gasteiger partial charge in [0, 0.05) is 17.8 Å². The summed E-state index contributed by atoms with van der Waals surface area (Å²) in [5, 5.41) is 5.58. The van der Waals surface area contributed by atoms with Crippen molar-refractivity contribution in [2.45, 2.75) is 46.1 Å². The van der Waals surface area contributed by atoms with Crippen LogP contribution < -0.4 is 16.4 Å². The monoisotopic (exact) mass is 327 g/mol. The van der Waals surface area contributed by atoms with Crippen LogP contribution in [-0.4, -0.2) is 17.9 Å². The van der Waals surface area contributed by atoms with Crippen LogP contribution in [0.1, 0.15) is 40.0 Å². The molecule has 5 nitrogen and oxygen atoms in total. The van der Waals surface area contributed by atoms with E-state index < -0.39 is 6.04 Å². The first-order valence-electron chi connectivity index (χ1n) is 7.38. The molecule has 0 aliphatic rings. The Morgan fingerprint density at radius 1 is 1.09 bits per heavy atom. The lowest BCUT2D eigenvalue weighted by molar-refractivity contribution is -0.118. The molecule has 0 bridgehead atoms. The van der Waals surface area contributed by atoms with Gasteiger partial charge in [-0.15, -0.1) is 12.4 Å². The largest absolute Gasteiger partial charge is 0.326 e. The minimum absolute atomic E-state index is 0. The van der Waals surface area contributed by atoms with Gasteiger partial charge in [-0.3, -0.25) is 9.59 Å². The highest BCUT2D eigenvalue weighted by Crippen LogP contribution is 2.15. The van der Waals surface area contributed by atoms with Gasteiger partial charge in [0.2, 0.25) is 11.8 Å². The first kappa shape index (κ1) is 20.4. The molecule has 124 valence electrons. The molecule has 0 fully saturated rings. The summed E-state index contributed by atoms with van der Waals surface area (Å²) in [5.74, 6) is 0.129. The van der Waals surface area contributed by atoms with E-state index in [2.05, 4.69) is 10.6 Å². The van der Waals surface area contributed by atoms with Crippen molar-refractivity contribution in [1.82, 2.24) is 0 Å². The Balaban J connectivity index is 0.00000441. The van der Waals surface area contributed by atoms with E-state index >= 15 is 0 Å². The number of benzene rings is 1. The number of hydrogen-bond donors (Lipinski definition) is 3. The van der Waals surface area contributed by atoms with E-state index in [-0.39, 0.29) is 24.2 Å². The summed E-state index contributed by atoms with van der Waals surface area (Å²) in [5.41, 5.74) is 7.14. The van der Waals surface area contributed by atoms with Crippen LogP contribution in [0.5, 0.6) is 0 Å². The fraction of sp³-hybridized carbons (Fsp3) is 0.500. The molecule has 1 aromatic carbocycles. The van der Waals surface area contributed by atoms with Gasteiger partial charge in [0.25, 0.3) is 0 Å². The minimum atomic E-state index is -0.486. The first-order chi connectivity index (χ1) is 9.92. The highest BCUT2D eigenvalue weighted by atomic mass is 35.5. The molecule has 0 aliphatic heterocycles. The SMILES string of the molecule is CCCC(N)C(=O)Nc1ccc(NC(=O)CC(C)C)cc1.Cl. The smallest absolute Gasteiger partial charge is 0.241 e. The van der Waals surface area contributed by atoms with E-state index in [9.17, 15) is 9.59 Å². The van der Waals surface area contributed by atoms with Crippen LogP contribution in [0, 0.1) is 5.92 Å². The average molecular weight is 328 g/mol. The zero-order valence-corrected chi connectivity index (χ0v) is 14.2. The first-order valence-corrected chi connectivity index (χ1v) is 7.38. The van der Waals surface area contributed by atoms with Gasteiger partial charge in [-0.2, -0.15) is 0 Å². The number of nitrogens with one attached hydrogen (secondary N) is 2. The second-order valence-corrected chi connectivity index (χ2v) is 5.61. The fourth-order valence-corrected chi connectivity index (χ4v) is 1.90. The highest BCUT2D eigenvalue weighted by Gasteiger charge is 2.12. The van der Waals surface area contributed by atoms with Crippen molar-refractivity contribution in [1.29, 1.82) is 0 Å². The average Bonchev–Trinajstić information content (AvgIpc) is 2.40. The summed E-state index contributed by atoms with van der Waals surface area (Å²) in [7, 11) is 0. The summed E-state index contributed by atoms with van der Waals surface area (Å²) >= 11 is 0. The van der Waals surface area contributed by atoms with E-state index in [4.69, 9.17) is 5.73 Å². The molecular weight excluding hydrogens is 302 g/mol. The van der Waals surface area contributed by atoms with Crippen molar-refractivity contribution in [3.63, 3.8) is 0 Å². The third kappa shape index (κ3) is 7.43. The number of carbonyl (C=O) groups excluding carboxylic acids is 2. The van der Waals surface area contributed by atoms with Gasteiger partial charge in [0.05, 0.1) is 6.04 Å². The quantitative estimate of drug-likeness (QED) is 0.719. The molecule has 0 radical (unpaired) electrons. The van der Waals surface area contributed by atoms with Crippen molar-refractivity contribution in [3.8, 4) is 0 Å². The summed E-state index contributed by atoms with van der Waals surface area (Å²) in [6, 6.07) is 6.54. The molecule has 0 saturated carbocycles. The van der Waals surface area contributed by atoms with Gasteiger partial charge in [-0.05, 0) is 36.6 Å². The summed E-state index contributed by atoms with van der Waals surface area (Å²) in [6.07, 6.45) is 2.02. The van der Waals surface area contributed by atoms with E-state index in [1.165, 1.54) is 0 Å². The zero-order valence-electron chi connectivity index (χ0n) is 13.4. The van der Waals surface area contributed by atoms with E-state index in [1.807, 2.05) is 20.8 Å². The topological polar surface area (TPSA) is 84.2 Å². The number of carbonyl (C=O) groups is 2. The summed E-state index contributed by atoms with van der Waals surface area (Å²) < 4.78 is 0. The maximum atomic E-state index is 11.8. The number of nitrogens with two attached hydrogens (primary N) is 1. The minimum Gasteiger partial charge on any atom is -0.326 e. The normalized spacial score (nSPS) is 11.5. The lowest BCUT2D eigenvalue weighted by Gasteiger charge is -2.12. The van der Waals surface area contributed by atoms with Crippen LogP contribution >= 0.6 is 12.4 Å². The maximum Gasteiger partial charge on any atom is 0.241 e. The molecule has 1 rings (SSSR count). The van der Waals surface area contributed by atoms with Crippen LogP contribution in [0.15, 0.2) is 24.3 Å². The standard InChI is InChI=1S/C16H25N3O2.ClH/c1-4-5-14(17)16(21)19-13-8-6-12(7-9-13)18-15(20)10-11(2)3;/h6-9,11,14H,4-5,10,17H2,1-3H3,(H,18,20)(H,19,21);1H. The van der Waals surface area contributed by atoms with E-state index in [1.54, 1.807) is 24.3 Å². The molecule has 0 aliphatic carbocycles. The van der Waals surface area contributed by atoms with Crippen molar-refractivity contribution in [2.75, 3.05) is 10.6 Å².